The molecule has 218 valence electrons. The fourth-order valence-electron chi connectivity index (χ4n) is 4.48. The van der Waals surface area contributed by atoms with Gasteiger partial charge in [0, 0.05) is 0 Å². The molecule has 0 saturated carbocycles. The highest BCUT2D eigenvalue weighted by Gasteiger charge is 2.21. The third kappa shape index (κ3) is 14.3. The van der Waals surface area contributed by atoms with Crippen LogP contribution in [0.15, 0.2) is 11.0 Å². The molecular formula is C28H46I2N2O4S2. The van der Waals surface area contributed by atoms with E-state index >= 15 is 0 Å². The maximum Gasteiger partial charge on any atom is 0.316 e. The Labute approximate surface area is 271 Å². The lowest BCUT2D eigenvalue weighted by Crippen LogP contribution is -3.00. The van der Waals surface area contributed by atoms with Gasteiger partial charge in [-0.15, -0.1) is 0 Å². The van der Waals surface area contributed by atoms with Crippen LogP contribution in [0.25, 0.3) is 0 Å². The van der Waals surface area contributed by atoms with E-state index in [2.05, 4.69) is 20.2 Å². The van der Waals surface area contributed by atoms with Crippen LogP contribution in [0.3, 0.4) is 0 Å². The Hall–Kier alpha value is -0.340. The molecule has 0 atom stereocenters. The molecule has 2 aromatic rings. The smallest absolute Gasteiger partial charge is 0.316 e. The standard InChI is InChI=1S/C28H46N2O4S2.2HI/c1-5-33-27(31)19-23-25(35-21-29(23)3)17-15-13-11-9-7-8-10-12-14-16-18-26-24(30(4)22-36-26)20-28(32)34-6-2;;/h21-22H,5-20H2,1-4H3;2*1H/q+2;;/p-2. The highest BCUT2D eigenvalue weighted by atomic mass is 127. The van der Waals surface area contributed by atoms with Crippen molar-refractivity contribution in [2.24, 2.45) is 14.1 Å². The first-order chi connectivity index (χ1) is 17.5. The highest BCUT2D eigenvalue weighted by Crippen LogP contribution is 2.19. The Morgan fingerprint density at radius 1 is 0.632 bits per heavy atom. The van der Waals surface area contributed by atoms with E-state index in [9.17, 15) is 9.59 Å². The van der Waals surface area contributed by atoms with Crippen LogP contribution in [0.1, 0.15) is 99.2 Å². The molecule has 0 aliphatic rings. The molecular weight excluding hydrogens is 746 g/mol. The van der Waals surface area contributed by atoms with Crippen molar-refractivity contribution in [3.8, 4) is 0 Å². The van der Waals surface area contributed by atoms with Gasteiger partial charge < -0.3 is 57.4 Å². The minimum absolute atomic E-state index is 0. The second kappa shape index (κ2) is 22.4. The van der Waals surface area contributed by atoms with Crippen LogP contribution in [0, 0.1) is 0 Å². The SMILES string of the molecule is CCOC(=O)Cc1c(CCCCCCCCCCCCc2sc[n+](C)c2CC(=O)OCC)sc[n+]1C.[I-].[I-]. The maximum atomic E-state index is 11.9. The first-order valence-corrected chi connectivity index (χ1v) is 15.4. The number of aromatic nitrogens is 2. The van der Waals surface area contributed by atoms with Gasteiger partial charge in [0.15, 0.2) is 0 Å². The second-order valence-corrected chi connectivity index (χ2v) is 11.3. The van der Waals surface area contributed by atoms with E-state index in [1.807, 2.05) is 27.9 Å². The summed E-state index contributed by atoms with van der Waals surface area (Å²) >= 11 is 3.51. The Kier molecular flexibility index (Phi) is 22.2. The Balaban J connectivity index is 0.00000684. The minimum Gasteiger partial charge on any atom is -1.00 e. The Bertz CT molecular complexity index is 860. The molecule has 0 radical (unpaired) electrons. The van der Waals surface area contributed by atoms with Crippen molar-refractivity contribution in [1.29, 1.82) is 0 Å². The first kappa shape index (κ1) is 37.7. The van der Waals surface area contributed by atoms with Crippen LogP contribution < -0.4 is 57.1 Å². The van der Waals surface area contributed by atoms with E-state index in [1.54, 1.807) is 22.7 Å². The number of thiazole rings is 2. The van der Waals surface area contributed by atoms with Gasteiger partial charge >= 0.3 is 11.9 Å². The van der Waals surface area contributed by atoms with E-state index in [0.29, 0.717) is 26.1 Å². The van der Waals surface area contributed by atoms with Crippen molar-refractivity contribution in [3.05, 3.63) is 32.2 Å². The Morgan fingerprint density at radius 3 is 1.26 bits per heavy atom. The van der Waals surface area contributed by atoms with Gasteiger partial charge in [0.2, 0.25) is 22.4 Å². The largest absolute Gasteiger partial charge is 1.00 e. The Morgan fingerprint density at radius 2 is 0.947 bits per heavy atom. The van der Waals surface area contributed by atoms with Gasteiger partial charge in [0.1, 0.15) is 26.9 Å². The number of unbranched alkanes of at least 4 members (excludes halogenated alkanes) is 9. The summed E-state index contributed by atoms with van der Waals surface area (Å²) in [5.41, 5.74) is 6.41. The summed E-state index contributed by atoms with van der Waals surface area (Å²) in [4.78, 5) is 26.4. The summed E-state index contributed by atoms with van der Waals surface area (Å²) in [6.07, 6.45) is 15.6. The van der Waals surface area contributed by atoms with Crippen LogP contribution in [0.5, 0.6) is 0 Å². The quantitative estimate of drug-likeness (QED) is 0.0824. The number of ether oxygens (including phenoxy) is 2. The van der Waals surface area contributed by atoms with Gasteiger partial charge in [-0.25, -0.2) is 0 Å². The van der Waals surface area contributed by atoms with Crippen LogP contribution in [-0.2, 0) is 58.8 Å². The lowest BCUT2D eigenvalue weighted by Gasteiger charge is -2.04. The molecule has 0 aromatic carbocycles. The lowest BCUT2D eigenvalue weighted by molar-refractivity contribution is -0.674. The average Bonchev–Trinajstić information content (AvgIpc) is 3.37. The molecule has 38 heavy (non-hydrogen) atoms. The molecule has 6 nitrogen and oxygen atoms in total. The predicted molar refractivity (Wildman–Crippen MR) is 145 cm³/mol. The summed E-state index contributed by atoms with van der Waals surface area (Å²) < 4.78 is 14.4. The third-order valence-electron chi connectivity index (χ3n) is 6.49. The second-order valence-electron chi connectivity index (χ2n) is 9.41. The normalized spacial score (nSPS) is 10.5. The van der Waals surface area contributed by atoms with Gasteiger partial charge in [-0.3, -0.25) is 9.59 Å². The van der Waals surface area contributed by atoms with Crippen molar-refractivity contribution < 1.29 is 76.2 Å². The predicted octanol–water partition coefficient (Wildman–Crippen LogP) is -0.636. The number of carbonyl (C=O) groups excluding carboxylic acids is 2. The van der Waals surface area contributed by atoms with Crippen molar-refractivity contribution in [1.82, 2.24) is 0 Å². The van der Waals surface area contributed by atoms with Crippen LogP contribution >= 0.6 is 22.7 Å². The fraction of sp³-hybridized carbons (Fsp3) is 0.714. The molecule has 0 bridgehead atoms. The van der Waals surface area contributed by atoms with Crippen molar-refractivity contribution in [3.63, 3.8) is 0 Å². The summed E-state index contributed by atoms with van der Waals surface area (Å²) in [6, 6.07) is 0. The topological polar surface area (TPSA) is 60.4 Å². The van der Waals surface area contributed by atoms with Crippen LogP contribution in [0.4, 0.5) is 0 Å². The number of esters is 2. The first-order valence-electron chi connectivity index (χ1n) is 13.7. The molecule has 0 unspecified atom stereocenters. The zero-order valence-corrected chi connectivity index (χ0v) is 29.5. The van der Waals surface area contributed by atoms with Crippen molar-refractivity contribution in [2.75, 3.05) is 13.2 Å². The fourth-order valence-corrected chi connectivity index (χ4v) is 6.53. The molecule has 2 aromatic heterocycles. The third-order valence-corrected chi connectivity index (χ3v) is 8.79. The molecule has 0 aliphatic heterocycles. The van der Waals surface area contributed by atoms with E-state index in [-0.39, 0.29) is 59.9 Å². The van der Waals surface area contributed by atoms with E-state index in [4.69, 9.17) is 9.47 Å². The monoisotopic (exact) mass is 792 g/mol. The maximum absolute atomic E-state index is 11.9. The number of hydrogen-bond donors (Lipinski definition) is 0. The highest BCUT2D eigenvalue weighted by molar-refractivity contribution is 7.09. The lowest BCUT2D eigenvalue weighted by atomic mass is 10.0. The zero-order valence-electron chi connectivity index (χ0n) is 23.6. The number of rotatable bonds is 19. The average molecular weight is 793 g/mol. The van der Waals surface area contributed by atoms with Gasteiger partial charge in [-0.05, 0) is 39.5 Å². The van der Waals surface area contributed by atoms with Gasteiger partial charge in [0.25, 0.3) is 0 Å². The zero-order chi connectivity index (χ0) is 26.2. The number of halogens is 2. The molecule has 0 N–H and O–H groups in total. The number of carbonyl (C=O) groups is 2. The van der Waals surface area contributed by atoms with Crippen molar-refractivity contribution >= 4 is 34.6 Å². The minimum atomic E-state index is -0.132. The summed E-state index contributed by atoms with van der Waals surface area (Å²) in [5.74, 6) is -0.265. The summed E-state index contributed by atoms with van der Waals surface area (Å²) in [6.45, 7) is 4.58. The van der Waals surface area contributed by atoms with Gasteiger partial charge in [-0.1, -0.05) is 74.0 Å². The van der Waals surface area contributed by atoms with E-state index in [1.165, 1.54) is 74.0 Å². The summed E-state index contributed by atoms with van der Waals surface area (Å²) in [7, 11) is 4.03. The van der Waals surface area contributed by atoms with E-state index in [0.717, 1.165) is 24.2 Å². The molecule has 0 fully saturated rings. The van der Waals surface area contributed by atoms with Crippen LogP contribution in [-0.4, -0.2) is 25.2 Å². The molecule has 2 heterocycles. The van der Waals surface area contributed by atoms with Gasteiger partial charge in [-0.2, -0.15) is 9.13 Å². The molecule has 0 amide bonds. The number of nitrogens with zero attached hydrogens (tertiary/aromatic N) is 2. The van der Waals surface area contributed by atoms with Crippen LogP contribution in [0.2, 0.25) is 0 Å². The summed E-state index contributed by atoms with van der Waals surface area (Å²) in [5, 5.41) is 0. The molecule has 0 spiro atoms. The van der Waals surface area contributed by atoms with E-state index < -0.39 is 0 Å². The van der Waals surface area contributed by atoms with Crippen molar-refractivity contribution in [2.45, 2.75) is 104 Å². The number of aryl methyl sites for hydroxylation is 4. The van der Waals surface area contributed by atoms with Gasteiger partial charge in [0.05, 0.1) is 23.0 Å². The molecule has 0 aliphatic carbocycles. The molecule has 0 saturated heterocycles. The molecule has 2 rings (SSSR count). The number of hydrogen-bond acceptors (Lipinski definition) is 6. The molecule has 10 heteroatoms.